The number of rotatable bonds is 3. The second kappa shape index (κ2) is 4.72. The van der Waals surface area contributed by atoms with Crippen molar-refractivity contribution < 1.29 is 9.13 Å². The van der Waals surface area contributed by atoms with Crippen LogP contribution in [0.15, 0.2) is 48.8 Å². The molecule has 19 heavy (non-hydrogen) atoms. The maximum absolute atomic E-state index is 13.2. The van der Waals surface area contributed by atoms with Crippen molar-refractivity contribution in [3.05, 3.63) is 66.0 Å². The Morgan fingerprint density at radius 3 is 2.95 bits per heavy atom. The van der Waals surface area contributed by atoms with Gasteiger partial charge >= 0.3 is 0 Å². The molecule has 0 N–H and O–H groups in total. The number of halogens is 1. The van der Waals surface area contributed by atoms with Crippen LogP contribution >= 0.6 is 0 Å². The van der Waals surface area contributed by atoms with Gasteiger partial charge in [-0.15, -0.1) is 0 Å². The number of methoxy groups -OCH3 is 1. The molecule has 0 unspecified atom stereocenters. The van der Waals surface area contributed by atoms with Gasteiger partial charge in [-0.1, -0.05) is 12.1 Å². The monoisotopic (exact) mass is 256 g/mol. The van der Waals surface area contributed by atoms with Crippen LogP contribution in [0.4, 0.5) is 4.39 Å². The van der Waals surface area contributed by atoms with Crippen LogP contribution in [0.3, 0.4) is 0 Å². The molecule has 0 spiro atoms. The van der Waals surface area contributed by atoms with Crippen LogP contribution < -0.4 is 4.74 Å². The zero-order valence-corrected chi connectivity index (χ0v) is 10.5. The van der Waals surface area contributed by atoms with Gasteiger partial charge in [-0.3, -0.25) is 0 Å². The Hall–Kier alpha value is -2.36. The lowest BCUT2D eigenvalue weighted by Gasteiger charge is -2.05. The van der Waals surface area contributed by atoms with Crippen molar-refractivity contribution in [2.24, 2.45) is 0 Å². The van der Waals surface area contributed by atoms with Crippen molar-refractivity contribution in [3.8, 4) is 5.75 Å². The Morgan fingerprint density at radius 1 is 1.26 bits per heavy atom. The molecule has 3 rings (SSSR count). The number of imidazole rings is 1. The van der Waals surface area contributed by atoms with Crippen LogP contribution in [0.1, 0.15) is 11.4 Å². The van der Waals surface area contributed by atoms with Gasteiger partial charge in [0.2, 0.25) is 0 Å². The van der Waals surface area contributed by atoms with E-state index in [0.717, 1.165) is 22.7 Å². The lowest BCUT2D eigenvalue weighted by molar-refractivity contribution is 0.418. The smallest absolute Gasteiger partial charge is 0.144 e. The Labute approximate surface area is 110 Å². The van der Waals surface area contributed by atoms with E-state index in [4.69, 9.17) is 4.74 Å². The van der Waals surface area contributed by atoms with E-state index in [9.17, 15) is 4.39 Å². The molecule has 0 aliphatic rings. The Morgan fingerprint density at radius 2 is 2.16 bits per heavy atom. The summed E-state index contributed by atoms with van der Waals surface area (Å²) < 4.78 is 20.4. The minimum absolute atomic E-state index is 0.226. The number of aromatic nitrogens is 2. The highest BCUT2D eigenvalue weighted by Gasteiger charge is 2.08. The summed E-state index contributed by atoms with van der Waals surface area (Å²) in [7, 11) is 1.63. The third-order valence-corrected chi connectivity index (χ3v) is 3.08. The molecular formula is C15H13FN2O. The number of nitrogens with zero attached hydrogens (tertiary/aromatic N) is 2. The zero-order chi connectivity index (χ0) is 13.2. The zero-order valence-electron chi connectivity index (χ0n) is 10.5. The van der Waals surface area contributed by atoms with Gasteiger partial charge < -0.3 is 9.14 Å². The predicted molar refractivity (Wildman–Crippen MR) is 71.0 cm³/mol. The van der Waals surface area contributed by atoms with E-state index in [-0.39, 0.29) is 5.82 Å². The molecule has 0 bridgehead atoms. The molecule has 4 heteroatoms. The van der Waals surface area contributed by atoms with Gasteiger partial charge in [0, 0.05) is 12.6 Å². The number of benzene rings is 1. The quantitative estimate of drug-likeness (QED) is 0.720. The van der Waals surface area contributed by atoms with E-state index in [0.29, 0.717) is 6.42 Å². The summed E-state index contributed by atoms with van der Waals surface area (Å²) >= 11 is 0. The van der Waals surface area contributed by atoms with Gasteiger partial charge in [0.15, 0.2) is 0 Å². The highest BCUT2D eigenvalue weighted by atomic mass is 19.1. The first-order valence-corrected chi connectivity index (χ1v) is 6.01. The summed E-state index contributed by atoms with van der Waals surface area (Å²) in [5.74, 6) is 1.41. The topological polar surface area (TPSA) is 26.5 Å². The minimum Gasteiger partial charge on any atom is -0.494 e. The molecule has 0 atom stereocenters. The van der Waals surface area contributed by atoms with Crippen LogP contribution in [0.2, 0.25) is 0 Å². The van der Waals surface area contributed by atoms with E-state index in [2.05, 4.69) is 4.98 Å². The summed E-state index contributed by atoms with van der Waals surface area (Å²) in [4.78, 5) is 4.39. The first-order valence-electron chi connectivity index (χ1n) is 6.01. The number of fused-ring (bicyclic) bond motifs is 1. The van der Waals surface area contributed by atoms with Crippen molar-refractivity contribution in [2.45, 2.75) is 6.42 Å². The normalized spacial score (nSPS) is 10.8. The third kappa shape index (κ3) is 2.17. The molecule has 0 aliphatic carbocycles. The third-order valence-electron chi connectivity index (χ3n) is 3.08. The van der Waals surface area contributed by atoms with E-state index in [1.165, 1.54) is 12.1 Å². The fraction of sp³-hybridized carbons (Fsp3) is 0.133. The maximum atomic E-state index is 13.2. The largest absolute Gasteiger partial charge is 0.494 e. The van der Waals surface area contributed by atoms with Crippen LogP contribution in [0, 0.1) is 5.82 Å². The number of pyridine rings is 1. The van der Waals surface area contributed by atoms with E-state index >= 15 is 0 Å². The van der Waals surface area contributed by atoms with Gasteiger partial charge in [-0.05, 0) is 29.8 Å². The molecule has 3 aromatic rings. The van der Waals surface area contributed by atoms with Crippen molar-refractivity contribution >= 4 is 5.52 Å². The second-order valence-corrected chi connectivity index (χ2v) is 4.31. The highest BCUT2D eigenvalue weighted by Crippen LogP contribution is 2.21. The van der Waals surface area contributed by atoms with Gasteiger partial charge in [0.1, 0.15) is 22.9 Å². The highest BCUT2D eigenvalue weighted by molar-refractivity contribution is 5.59. The van der Waals surface area contributed by atoms with E-state index in [1.54, 1.807) is 19.4 Å². The fourth-order valence-corrected chi connectivity index (χ4v) is 2.18. The standard InChI is InChI=1S/C15H13FN2O/c1-19-14-6-3-7-18-13(14)10-17-15(18)9-11-4-2-5-12(16)8-11/h2-8,10H,9H2,1H3. The van der Waals surface area contributed by atoms with E-state index in [1.807, 2.05) is 28.8 Å². The molecular weight excluding hydrogens is 243 g/mol. The molecule has 0 radical (unpaired) electrons. The molecule has 0 saturated carbocycles. The van der Waals surface area contributed by atoms with Gasteiger partial charge in [-0.25, -0.2) is 9.37 Å². The van der Waals surface area contributed by atoms with Crippen LogP contribution in [-0.2, 0) is 6.42 Å². The van der Waals surface area contributed by atoms with Crippen LogP contribution in [-0.4, -0.2) is 16.5 Å². The number of hydrogen-bond acceptors (Lipinski definition) is 2. The first-order chi connectivity index (χ1) is 9.28. The Bertz CT molecular complexity index is 721. The average molecular weight is 256 g/mol. The minimum atomic E-state index is -0.226. The SMILES string of the molecule is COc1cccn2c(Cc3cccc(F)c3)ncc12. The summed E-state index contributed by atoms with van der Waals surface area (Å²) in [5.41, 5.74) is 1.81. The summed E-state index contributed by atoms with van der Waals surface area (Å²) in [5, 5.41) is 0. The van der Waals surface area contributed by atoms with Gasteiger partial charge in [0.25, 0.3) is 0 Å². The summed E-state index contributed by atoms with van der Waals surface area (Å²) in [6.45, 7) is 0. The van der Waals surface area contributed by atoms with Crippen LogP contribution in [0.25, 0.3) is 5.52 Å². The second-order valence-electron chi connectivity index (χ2n) is 4.31. The maximum Gasteiger partial charge on any atom is 0.144 e. The van der Waals surface area contributed by atoms with Gasteiger partial charge in [0.05, 0.1) is 13.3 Å². The average Bonchev–Trinajstić information content (AvgIpc) is 2.82. The van der Waals surface area contributed by atoms with E-state index < -0.39 is 0 Å². The lowest BCUT2D eigenvalue weighted by Crippen LogP contribution is -1.97. The van der Waals surface area contributed by atoms with Crippen molar-refractivity contribution in [1.82, 2.24) is 9.38 Å². The fourth-order valence-electron chi connectivity index (χ4n) is 2.18. The predicted octanol–water partition coefficient (Wildman–Crippen LogP) is 3.07. The molecule has 0 amide bonds. The van der Waals surface area contributed by atoms with Crippen LogP contribution in [0.5, 0.6) is 5.75 Å². The van der Waals surface area contributed by atoms with Crippen molar-refractivity contribution in [3.63, 3.8) is 0 Å². The Kier molecular flexibility index (Phi) is 2.91. The lowest BCUT2D eigenvalue weighted by atomic mass is 10.1. The summed E-state index contributed by atoms with van der Waals surface area (Å²) in [6, 6.07) is 10.4. The number of hydrogen-bond donors (Lipinski definition) is 0. The molecule has 1 aromatic carbocycles. The molecule has 0 fully saturated rings. The molecule has 0 aliphatic heterocycles. The molecule has 0 saturated heterocycles. The van der Waals surface area contributed by atoms with Crippen molar-refractivity contribution in [1.29, 1.82) is 0 Å². The number of ether oxygens (including phenoxy) is 1. The molecule has 2 aromatic heterocycles. The summed E-state index contributed by atoms with van der Waals surface area (Å²) in [6.07, 6.45) is 4.28. The molecule has 2 heterocycles. The molecule has 3 nitrogen and oxygen atoms in total. The van der Waals surface area contributed by atoms with Crippen molar-refractivity contribution in [2.75, 3.05) is 7.11 Å². The Balaban J connectivity index is 2.02. The van der Waals surface area contributed by atoms with Gasteiger partial charge in [-0.2, -0.15) is 0 Å². The first kappa shape index (κ1) is 11.7. The molecule has 96 valence electrons.